The SMILES string of the molecule is CC1(C)OC(=O)N/C1=C\c1ccccc1. The van der Waals surface area contributed by atoms with Crippen LogP contribution in [0.25, 0.3) is 6.08 Å². The Labute approximate surface area is 88.8 Å². The quantitative estimate of drug-likeness (QED) is 0.761. The van der Waals surface area contributed by atoms with Gasteiger partial charge in [-0.1, -0.05) is 30.3 Å². The largest absolute Gasteiger partial charge is 0.437 e. The maximum atomic E-state index is 11.1. The van der Waals surface area contributed by atoms with Gasteiger partial charge >= 0.3 is 6.09 Å². The highest BCUT2D eigenvalue weighted by Gasteiger charge is 2.35. The second kappa shape index (κ2) is 3.42. The number of hydrogen-bond donors (Lipinski definition) is 1. The van der Waals surface area contributed by atoms with Gasteiger partial charge in [-0.05, 0) is 25.5 Å². The first-order valence-corrected chi connectivity index (χ1v) is 4.85. The van der Waals surface area contributed by atoms with E-state index in [9.17, 15) is 4.79 Å². The number of ether oxygens (including phenoxy) is 1. The molecule has 78 valence electrons. The molecule has 1 saturated heterocycles. The normalized spacial score (nSPS) is 21.2. The number of hydrogen-bond acceptors (Lipinski definition) is 2. The molecule has 1 heterocycles. The third kappa shape index (κ3) is 2.01. The zero-order chi connectivity index (χ0) is 10.9. The van der Waals surface area contributed by atoms with E-state index in [0.29, 0.717) is 0 Å². The summed E-state index contributed by atoms with van der Waals surface area (Å²) in [4.78, 5) is 11.1. The molecule has 2 rings (SSSR count). The molecule has 3 nitrogen and oxygen atoms in total. The van der Waals surface area contributed by atoms with Gasteiger partial charge in [0.05, 0.1) is 5.70 Å². The minimum atomic E-state index is -0.563. The number of cyclic esters (lactones) is 1. The average Bonchev–Trinajstić information content (AvgIpc) is 2.41. The number of carbonyl (C=O) groups is 1. The fourth-order valence-corrected chi connectivity index (χ4v) is 1.50. The van der Waals surface area contributed by atoms with E-state index in [1.54, 1.807) is 0 Å². The average molecular weight is 203 g/mol. The molecule has 0 unspecified atom stereocenters. The molecule has 0 bridgehead atoms. The third-order valence-corrected chi connectivity index (χ3v) is 2.34. The molecule has 0 aliphatic carbocycles. The van der Waals surface area contributed by atoms with Crippen LogP contribution in [0.5, 0.6) is 0 Å². The Morgan fingerprint density at radius 3 is 2.47 bits per heavy atom. The number of benzene rings is 1. The number of nitrogens with one attached hydrogen (secondary N) is 1. The first kappa shape index (κ1) is 9.77. The zero-order valence-electron chi connectivity index (χ0n) is 8.78. The van der Waals surface area contributed by atoms with Gasteiger partial charge in [0.15, 0.2) is 0 Å². The lowest BCUT2D eigenvalue weighted by atomic mass is 10.0. The standard InChI is InChI=1S/C12H13NO2/c1-12(2)10(13-11(14)15-12)8-9-6-4-3-5-7-9/h3-8H,1-2H3,(H,13,14)/b10-8-. The summed E-state index contributed by atoms with van der Waals surface area (Å²) in [6.45, 7) is 3.72. The van der Waals surface area contributed by atoms with E-state index in [4.69, 9.17) is 4.74 Å². The molecule has 0 aromatic heterocycles. The predicted molar refractivity (Wildman–Crippen MR) is 58.1 cm³/mol. The van der Waals surface area contributed by atoms with Crippen molar-refractivity contribution in [1.29, 1.82) is 0 Å². The van der Waals surface area contributed by atoms with Crippen LogP contribution >= 0.6 is 0 Å². The van der Waals surface area contributed by atoms with E-state index in [-0.39, 0.29) is 6.09 Å². The Morgan fingerprint density at radius 1 is 1.27 bits per heavy atom. The van der Waals surface area contributed by atoms with Crippen molar-refractivity contribution in [2.75, 3.05) is 0 Å². The van der Waals surface area contributed by atoms with E-state index in [1.807, 2.05) is 50.3 Å². The fourth-order valence-electron chi connectivity index (χ4n) is 1.50. The van der Waals surface area contributed by atoms with E-state index in [0.717, 1.165) is 11.3 Å². The van der Waals surface area contributed by atoms with Gasteiger partial charge in [0.1, 0.15) is 5.60 Å². The van der Waals surface area contributed by atoms with Crippen LogP contribution in [-0.2, 0) is 4.74 Å². The lowest BCUT2D eigenvalue weighted by Gasteiger charge is -2.16. The maximum Gasteiger partial charge on any atom is 0.412 e. The number of alkyl carbamates (subject to hydrolysis) is 1. The van der Waals surface area contributed by atoms with Crippen molar-refractivity contribution >= 4 is 12.2 Å². The Bertz CT molecular complexity index is 407. The Balaban J connectivity index is 2.32. The first-order chi connectivity index (χ1) is 7.08. The summed E-state index contributed by atoms with van der Waals surface area (Å²) in [5, 5.41) is 2.69. The highest BCUT2D eigenvalue weighted by atomic mass is 16.6. The summed E-state index contributed by atoms with van der Waals surface area (Å²) in [5.74, 6) is 0. The van der Waals surface area contributed by atoms with Crippen LogP contribution in [-0.4, -0.2) is 11.7 Å². The Kier molecular flexibility index (Phi) is 2.23. The maximum absolute atomic E-state index is 11.1. The van der Waals surface area contributed by atoms with Crippen LogP contribution in [0, 0.1) is 0 Å². The molecule has 0 saturated carbocycles. The van der Waals surface area contributed by atoms with E-state index >= 15 is 0 Å². The van der Waals surface area contributed by atoms with Crippen LogP contribution in [0.4, 0.5) is 4.79 Å². The molecule has 1 aromatic carbocycles. The van der Waals surface area contributed by atoms with E-state index in [2.05, 4.69) is 5.32 Å². The summed E-state index contributed by atoms with van der Waals surface area (Å²) in [5.41, 5.74) is 1.28. The highest BCUT2D eigenvalue weighted by molar-refractivity contribution is 5.77. The summed E-state index contributed by atoms with van der Waals surface area (Å²) in [7, 11) is 0. The smallest absolute Gasteiger partial charge is 0.412 e. The van der Waals surface area contributed by atoms with Gasteiger partial charge in [0.25, 0.3) is 0 Å². The number of rotatable bonds is 1. The van der Waals surface area contributed by atoms with Crippen molar-refractivity contribution < 1.29 is 9.53 Å². The minimum absolute atomic E-state index is 0.387. The molecule has 1 aromatic rings. The second-order valence-electron chi connectivity index (χ2n) is 3.99. The van der Waals surface area contributed by atoms with Crippen LogP contribution in [0.3, 0.4) is 0 Å². The molecule has 0 atom stereocenters. The van der Waals surface area contributed by atoms with Gasteiger partial charge in [0.2, 0.25) is 0 Å². The molecule has 1 aliphatic rings. The molecule has 0 spiro atoms. The minimum Gasteiger partial charge on any atom is -0.437 e. The topological polar surface area (TPSA) is 38.3 Å². The fraction of sp³-hybridized carbons (Fsp3) is 0.250. The van der Waals surface area contributed by atoms with Crippen molar-refractivity contribution in [3.05, 3.63) is 41.6 Å². The third-order valence-electron chi connectivity index (χ3n) is 2.34. The van der Waals surface area contributed by atoms with Crippen LogP contribution in [0.2, 0.25) is 0 Å². The monoisotopic (exact) mass is 203 g/mol. The van der Waals surface area contributed by atoms with Crippen LogP contribution in [0.15, 0.2) is 36.0 Å². The van der Waals surface area contributed by atoms with E-state index in [1.165, 1.54) is 0 Å². The lowest BCUT2D eigenvalue weighted by Crippen LogP contribution is -2.21. The van der Waals surface area contributed by atoms with Crippen molar-refractivity contribution in [2.24, 2.45) is 0 Å². The second-order valence-corrected chi connectivity index (χ2v) is 3.99. The Hall–Kier alpha value is -1.77. The zero-order valence-corrected chi connectivity index (χ0v) is 8.78. The van der Waals surface area contributed by atoms with Gasteiger partial charge in [-0.25, -0.2) is 4.79 Å². The molecule has 0 radical (unpaired) electrons. The molecule has 15 heavy (non-hydrogen) atoms. The molecule has 3 heteroatoms. The highest BCUT2D eigenvalue weighted by Crippen LogP contribution is 2.26. The molecular weight excluding hydrogens is 190 g/mol. The predicted octanol–water partition coefficient (Wildman–Crippen LogP) is 2.55. The molecule has 1 fully saturated rings. The van der Waals surface area contributed by atoms with E-state index < -0.39 is 5.60 Å². The lowest BCUT2D eigenvalue weighted by molar-refractivity contribution is 0.0982. The summed E-state index contributed by atoms with van der Waals surface area (Å²) >= 11 is 0. The van der Waals surface area contributed by atoms with Crippen LogP contribution in [0.1, 0.15) is 19.4 Å². The van der Waals surface area contributed by atoms with Crippen molar-refractivity contribution in [3.8, 4) is 0 Å². The van der Waals surface area contributed by atoms with Gasteiger partial charge in [-0.15, -0.1) is 0 Å². The summed E-state index contributed by atoms with van der Waals surface area (Å²) in [6, 6.07) is 9.83. The van der Waals surface area contributed by atoms with Gasteiger partial charge in [-0.3, -0.25) is 5.32 Å². The van der Waals surface area contributed by atoms with Gasteiger partial charge in [0, 0.05) is 0 Å². The van der Waals surface area contributed by atoms with Crippen molar-refractivity contribution in [1.82, 2.24) is 5.32 Å². The summed E-state index contributed by atoms with van der Waals surface area (Å²) in [6.07, 6.45) is 1.53. The van der Waals surface area contributed by atoms with Gasteiger partial charge in [-0.2, -0.15) is 0 Å². The molecule has 1 aliphatic heterocycles. The van der Waals surface area contributed by atoms with Crippen molar-refractivity contribution in [3.63, 3.8) is 0 Å². The van der Waals surface area contributed by atoms with Crippen molar-refractivity contribution in [2.45, 2.75) is 19.4 Å². The number of amides is 1. The van der Waals surface area contributed by atoms with Crippen LogP contribution < -0.4 is 5.32 Å². The summed E-state index contributed by atoms with van der Waals surface area (Å²) < 4.78 is 5.12. The molecular formula is C12H13NO2. The molecule has 1 amide bonds. The molecule has 1 N–H and O–H groups in total. The number of carbonyl (C=O) groups excluding carboxylic acids is 1. The van der Waals surface area contributed by atoms with Gasteiger partial charge < -0.3 is 4.74 Å². The first-order valence-electron chi connectivity index (χ1n) is 4.85. The Morgan fingerprint density at radius 2 is 1.93 bits per heavy atom.